The Morgan fingerprint density at radius 1 is 0.833 bits per heavy atom. The zero-order chi connectivity index (χ0) is 21.5. The molecule has 0 bridgehead atoms. The second-order valence-corrected chi connectivity index (χ2v) is 6.62. The van der Waals surface area contributed by atoms with Crippen molar-refractivity contribution in [3.63, 3.8) is 0 Å². The number of aromatic hydroxyl groups is 1. The maximum atomic E-state index is 12.9. The molecule has 7 heteroatoms. The number of phenols is 1. The topological polar surface area (TPSA) is 119 Å². The number of anilines is 1. The minimum atomic E-state index is -1.31. The highest BCUT2D eigenvalue weighted by Gasteiger charge is 2.22. The Balaban J connectivity index is 1.78. The van der Waals surface area contributed by atoms with Crippen LogP contribution in [-0.2, 0) is 11.2 Å². The number of rotatable bonds is 7. The summed E-state index contributed by atoms with van der Waals surface area (Å²) < 4.78 is 0. The first-order valence-electron chi connectivity index (χ1n) is 9.18. The molecule has 30 heavy (non-hydrogen) atoms. The van der Waals surface area contributed by atoms with Crippen LogP contribution < -0.4 is 15.7 Å². The fourth-order valence-electron chi connectivity index (χ4n) is 2.83. The van der Waals surface area contributed by atoms with Gasteiger partial charge in [0.15, 0.2) is 0 Å². The molecule has 0 aromatic heterocycles. The van der Waals surface area contributed by atoms with Crippen LogP contribution in [0.1, 0.15) is 26.3 Å². The highest BCUT2D eigenvalue weighted by molar-refractivity contribution is 6.01. The molecule has 0 aliphatic carbocycles. The first kappa shape index (κ1) is 20.6. The summed E-state index contributed by atoms with van der Waals surface area (Å²) in [6.07, 6.45) is 0.196. The van der Waals surface area contributed by atoms with Gasteiger partial charge in [0.05, 0.1) is 5.97 Å². The number of aromatic carboxylic acids is 1. The maximum Gasteiger partial charge on any atom is 0.251 e. The van der Waals surface area contributed by atoms with Gasteiger partial charge in [0.25, 0.3) is 5.91 Å². The number of carboxylic acid groups (broad SMARTS) is 1. The standard InChI is InChI=1S/C23H20N2O5/c26-19-12-6-15(7-13-19)14-20(25-21(27)16-4-2-1-3-5-16)22(28)24-18-10-8-17(9-11-18)23(29)30/h1-13,20,26H,14H2,(H,24,28)(H,25,27)(H,29,30)/p-1/t20-/m1/s1. The summed E-state index contributed by atoms with van der Waals surface area (Å²) in [6.45, 7) is 0. The highest BCUT2D eigenvalue weighted by atomic mass is 16.4. The van der Waals surface area contributed by atoms with Crippen molar-refractivity contribution < 1.29 is 24.6 Å². The van der Waals surface area contributed by atoms with Crippen molar-refractivity contribution in [2.24, 2.45) is 0 Å². The van der Waals surface area contributed by atoms with Crippen LogP contribution in [0.25, 0.3) is 0 Å². The van der Waals surface area contributed by atoms with Crippen LogP contribution in [0.5, 0.6) is 5.75 Å². The Bertz CT molecular complexity index is 1030. The van der Waals surface area contributed by atoms with Gasteiger partial charge in [0, 0.05) is 17.7 Å². The van der Waals surface area contributed by atoms with Crippen molar-refractivity contribution in [1.29, 1.82) is 0 Å². The second-order valence-electron chi connectivity index (χ2n) is 6.62. The lowest BCUT2D eigenvalue weighted by Crippen LogP contribution is -2.45. The van der Waals surface area contributed by atoms with E-state index in [0.29, 0.717) is 11.3 Å². The quantitative estimate of drug-likeness (QED) is 0.555. The molecular formula is C23H19N2O5-. The van der Waals surface area contributed by atoms with Gasteiger partial charge in [-0.1, -0.05) is 42.5 Å². The van der Waals surface area contributed by atoms with E-state index >= 15 is 0 Å². The fraction of sp³-hybridized carbons (Fsp3) is 0.0870. The molecule has 152 valence electrons. The van der Waals surface area contributed by atoms with E-state index in [2.05, 4.69) is 10.6 Å². The average molecular weight is 403 g/mol. The minimum Gasteiger partial charge on any atom is -0.545 e. The molecule has 7 nitrogen and oxygen atoms in total. The summed E-state index contributed by atoms with van der Waals surface area (Å²) in [5, 5.41) is 25.7. The Kier molecular flexibility index (Phi) is 6.44. The van der Waals surface area contributed by atoms with Crippen molar-refractivity contribution >= 4 is 23.5 Å². The lowest BCUT2D eigenvalue weighted by atomic mass is 10.0. The number of benzene rings is 3. The van der Waals surface area contributed by atoms with Crippen molar-refractivity contribution in [2.45, 2.75) is 12.5 Å². The Labute approximate surface area is 173 Å². The largest absolute Gasteiger partial charge is 0.545 e. The molecule has 0 saturated heterocycles. The SMILES string of the molecule is O=C([O-])c1ccc(NC(=O)[C@@H](Cc2ccc(O)cc2)NC(=O)c2ccccc2)cc1. The van der Waals surface area contributed by atoms with Gasteiger partial charge in [-0.3, -0.25) is 9.59 Å². The first-order chi connectivity index (χ1) is 14.4. The molecule has 0 spiro atoms. The smallest absolute Gasteiger partial charge is 0.251 e. The lowest BCUT2D eigenvalue weighted by Gasteiger charge is -2.19. The third-order valence-electron chi connectivity index (χ3n) is 4.42. The van der Waals surface area contributed by atoms with Gasteiger partial charge < -0.3 is 25.6 Å². The summed E-state index contributed by atoms with van der Waals surface area (Å²) in [6, 6.07) is 19.5. The molecule has 0 radical (unpaired) electrons. The fourth-order valence-corrected chi connectivity index (χ4v) is 2.83. The summed E-state index contributed by atoms with van der Waals surface area (Å²) in [7, 11) is 0. The van der Waals surface area contributed by atoms with E-state index < -0.39 is 23.8 Å². The molecule has 3 N–H and O–H groups in total. The third-order valence-corrected chi connectivity index (χ3v) is 4.42. The number of carbonyl (C=O) groups excluding carboxylic acids is 3. The average Bonchev–Trinajstić information content (AvgIpc) is 2.75. The summed E-state index contributed by atoms with van der Waals surface area (Å²) in [5.41, 5.74) is 1.54. The molecule has 0 unspecified atom stereocenters. The molecular weight excluding hydrogens is 384 g/mol. The Morgan fingerprint density at radius 3 is 2.07 bits per heavy atom. The first-order valence-corrected chi connectivity index (χ1v) is 9.18. The van der Waals surface area contributed by atoms with Crippen LogP contribution >= 0.6 is 0 Å². The summed E-state index contributed by atoms with van der Waals surface area (Å²) in [4.78, 5) is 36.3. The van der Waals surface area contributed by atoms with Gasteiger partial charge in [0.1, 0.15) is 11.8 Å². The van der Waals surface area contributed by atoms with E-state index in [1.807, 2.05) is 0 Å². The molecule has 0 aliphatic heterocycles. The van der Waals surface area contributed by atoms with Crippen LogP contribution in [0.4, 0.5) is 5.69 Å². The van der Waals surface area contributed by atoms with Gasteiger partial charge in [0.2, 0.25) is 5.91 Å². The zero-order valence-electron chi connectivity index (χ0n) is 15.9. The Hall–Kier alpha value is -4.13. The van der Waals surface area contributed by atoms with E-state index in [0.717, 1.165) is 5.56 Å². The molecule has 3 aromatic carbocycles. The van der Waals surface area contributed by atoms with E-state index in [9.17, 15) is 24.6 Å². The monoisotopic (exact) mass is 403 g/mol. The lowest BCUT2D eigenvalue weighted by molar-refractivity contribution is -0.255. The molecule has 3 aromatic rings. The van der Waals surface area contributed by atoms with Crippen molar-refractivity contribution in [3.8, 4) is 5.75 Å². The number of hydrogen-bond donors (Lipinski definition) is 3. The van der Waals surface area contributed by atoms with Crippen LogP contribution in [0.2, 0.25) is 0 Å². The van der Waals surface area contributed by atoms with Gasteiger partial charge in [-0.15, -0.1) is 0 Å². The molecule has 0 fully saturated rings. The molecule has 0 aliphatic rings. The van der Waals surface area contributed by atoms with E-state index in [4.69, 9.17) is 0 Å². The molecule has 0 heterocycles. The van der Waals surface area contributed by atoms with E-state index in [1.54, 1.807) is 42.5 Å². The predicted molar refractivity (Wildman–Crippen MR) is 109 cm³/mol. The van der Waals surface area contributed by atoms with Gasteiger partial charge in [-0.25, -0.2) is 0 Å². The second kappa shape index (κ2) is 9.38. The van der Waals surface area contributed by atoms with Gasteiger partial charge >= 0.3 is 0 Å². The summed E-state index contributed by atoms with van der Waals surface area (Å²) in [5.74, 6) is -2.08. The van der Waals surface area contributed by atoms with Gasteiger partial charge in [-0.05, 0) is 47.5 Å². The van der Waals surface area contributed by atoms with Crippen LogP contribution in [0.15, 0.2) is 78.9 Å². The third kappa shape index (κ3) is 5.45. The normalized spacial score (nSPS) is 11.3. The number of hydrogen-bond acceptors (Lipinski definition) is 5. The molecule has 3 rings (SSSR count). The zero-order valence-corrected chi connectivity index (χ0v) is 15.9. The predicted octanol–water partition coefficient (Wildman–Crippen LogP) is 1.74. The highest BCUT2D eigenvalue weighted by Crippen LogP contribution is 2.14. The number of amides is 2. The van der Waals surface area contributed by atoms with Crippen LogP contribution in [0.3, 0.4) is 0 Å². The van der Waals surface area contributed by atoms with Crippen LogP contribution in [0, 0.1) is 0 Å². The van der Waals surface area contributed by atoms with E-state index in [-0.39, 0.29) is 17.7 Å². The minimum absolute atomic E-state index is 0.00831. The van der Waals surface area contributed by atoms with E-state index in [1.165, 1.54) is 36.4 Å². The van der Waals surface area contributed by atoms with Crippen molar-refractivity contribution in [3.05, 3.63) is 95.6 Å². The van der Waals surface area contributed by atoms with Crippen LogP contribution in [-0.4, -0.2) is 28.9 Å². The van der Waals surface area contributed by atoms with Crippen molar-refractivity contribution in [2.75, 3.05) is 5.32 Å². The molecule has 0 saturated carbocycles. The number of carboxylic acids is 1. The number of nitrogens with one attached hydrogen (secondary N) is 2. The molecule has 1 atom stereocenters. The summed E-state index contributed by atoms with van der Waals surface area (Å²) >= 11 is 0. The van der Waals surface area contributed by atoms with Crippen molar-refractivity contribution in [1.82, 2.24) is 5.32 Å². The maximum absolute atomic E-state index is 12.9. The van der Waals surface area contributed by atoms with Gasteiger partial charge in [-0.2, -0.15) is 0 Å². The number of carbonyl (C=O) groups is 3. The number of phenolic OH excluding ortho intramolecular Hbond substituents is 1. The molecule has 2 amide bonds. The Morgan fingerprint density at radius 2 is 1.47 bits per heavy atom.